The minimum atomic E-state index is -0.0649. The molecule has 1 aliphatic rings. The third kappa shape index (κ3) is 3.76. The van der Waals surface area contributed by atoms with Gasteiger partial charge in [-0.2, -0.15) is 0 Å². The highest BCUT2D eigenvalue weighted by Crippen LogP contribution is 2.43. The molecule has 1 saturated heterocycles. The quantitative estimate of drug-likeness (QED) is 0.332. The van der Waals surface area contributed by atoms with E-state index in [1.807, 2.05) is 42.6 Å². The molecule has 1 aliphatic heterocycles. The summed E-state index contributed by atoms with van der Waals surface area (Å²) in [7, 11) is 0. The van der Waals surface area contributed by atoms with Gasteiger partial charge < -0.3 is 19.2 Å². The molecule has 0 saturated carbocycles. The first-order chi connectivity index (χ1) is 15.5. The van der Waals surface area contributed by atoms with E-state index in [-0.39, 0.29) is 12.1 Å². The van der Waals surface area contributed by atoms with E-state index < -0.39 is 0 Å². The number of aromatic nitrogens is 2. The number of anilines is 1. The molecule has 0 amide bonds. The summed E-state index contributed by atoms with van der Waals surface area (Å²) in [5.41, 5.74) is 5.61. The van der Waals surface area contributed by atoms with Crippen molar-refractivity contribution in [1.29, 1.82) is 0 Å². The fourth-order valence-electron chi connectivity index (χ4n) is 4.48. The zero-order valence-electron chi connectivity index (χ0n) is 17.8. The van der Waals surface area contributed by atoms with Crippen LogP contribution in [0.15, 0.2) is 82.0 Å². The summed E-state index contributed by atoms with van der Waals surface area (Å²) in [4.78, 5) is 6.86. The molecule has 4 aromatic rings. The largest absolute Gasteiger partial charge is 0.467 e. The third-order valence-corrected chi connectivity index (χ3v) is 6.87. The van der Waals surface area contributed by atoms with Crippen molar-refractivity contribution in [2.45, 2.75) is 32.5 Å². The maximum Gasteiger partial charge on any atom is 0.174 e. The van der Waals surface area contributed by atoms with E-state index in [1.165, 1.54) is 17.0 Å². The summed E-state index contributed by atoms with van der Waals surface area (Å²) in [5.74, 6) is 0.935. The van der Waals surface area contributed by atoms with Gasteiger partial charge in [-0.3, -0.25) is 4.98 Å². The molecule has 0 aliphatic carbocycles. The highest BCUT2D eigenvalue weighted by Gasteiger charge is 2.42. The number of hydrogen-bond donors (Lipinski definition) is 1. The third-order valence-electron chi connectivity index (χ3n) is 6.03. The van der Waals surface area contributed by atoms with Crippen LogP contribution in [-0.4, -0.2) is 14.7 Å². The fraction of sp³-hybridized carbons (Fsp3) is 0.200. The second-order valence-corrected chi connectivity index (χ2v) is 9.27. The van der Waals surface area contributed by atoms with Gasteiger partial charge in [0.25, 0.3) is 0 Å². The van der Waals surface area contributed by atoms with E-state index in [1.54, 1.807) is 6.26 Å². The van der Waals surface area contributed by atoms with Gasteiger partial charge >= 0.3 is 0 Å². The first-order valence-electron chi connectivity index (χ1n) is 10.5. The van der Waals surface area contributed by atoms with Crippen LogP contribution >= 0.6 is 28.1 Å². The van der Waals surface area contributed by atoms with Gasteiger partial charge in [0.05, 0.1) is 30.6 Å². The molecule has 2 unspecified atom stereocenters. The van der Waals surface area contributed by atoms with E-state index in [9.17, 15) is 0 Å². The second-order valence-electron chi connectivity index (χ2n) is 7.96. The zero-order valence-corrected chi connectivity index (χ0v) is 20.2. The molecule has 4 heterocycles. The number of halogens is 1. The molecule has 162 valence electrons. The van der Waals surface area contributed by atoms with Crippen molar-refractivity contribution in [2.24, 2.45) is 0 Å². The minimum Gasteiger partial charge on any atom is -0.467 e. The molecule has 7 heteroatoms. The van der Waals surface area contributed by atoms with Crippen molar-refractivity contribution in [3.8, 4) is 0 Å². The average Bonchev–Trinajstić information content (AvgIpc) is 3.50. The topological polar surface area (TPSA) is 46.2 Å². The summed E-state index contributed by atoms with van der Waals surface area (Å²) in [6.07, 6.45) is 3.55. The molecule has 1 N–H and O–H groups in total. The normalized spacial score (nSPS) is 18.2. The van der Waals surface area contributed by atoms with Crippen molar-refractivity contribution in [3.05, 3.63) is 106 Å². The Kier molecular flexibility index (Phi) is 5.61. The van der Waals surface area contributed by atoms with Gasteiger partial charge in [0.1, 0.15) is 5.76 Å². The summed E-state index contributed by atoms with van der Waals surface area (Å²) < 4.78 is 8.94. The SMILES string of the molecule is Cc1cc(C2C(c3ccccn3)NC(=S)N2c2ccc(Br)cc2)c(C)n1Cc1ccco1. The number of furan rings is 1. The number of pyridine rings is 1. The van der Waals surface area contributed by atoms with Crippen LogP contribution in [0, 0.1) is 13.8 Å². The molecule has 1 fully saturated rings. The maximum absolute atomic E-state index is 5.84. The van der Waals surface area contributed by atoms with Gasteiger partial charge in [0.2, 0.25) is 0 Å². The maximum atomic E-state index is 5.84. The number of nitrogens with zero attached hydrogens (tertiary/aromatic N) is 3. The Balaban J connectivity index is 1.62. The average molecular weight is 507 g/mol. The number of thiocarbonyl (C=S) groups is 1. The first kappa shape index (κ1) is 21.0. The number of benzene rings is 1. The van der Waals surface area contributed by atoms with Crippen LogP contribution in [0.3, 0.4) is 0 Å². The molecule has 5 rings (SSSR count). The molecular formula is C25H23BrN4OS. The summed E-state index contributed by atoms with van der Waals surface area (Å²) >= 11 is 9.38. The monoisotopic (exact) mass is 506 g/mol. The Morgan fingerprint density at radius 2 is 1.91 bits per heavy atom. The van der Waals surface area contributed by atoms with Crippen LogP contribution in [0.1, 0.15) is 40.5 Å². The highest BCUT2D eigenvalue weighted by atomic mass is 79.9. The van der Waals surface area contributed by atoms with Crippen LogP contribution in [0.25, 0.3) is 0 Å². The lowest BCUT2D eigenvalue weighted by Gasteiger charge is -2.28. The van der Waals surface area contributed by atoms with E-state index >= 15 is 0 Å². The van der Waals surface area contributed by atoms with Gasteiger partial charge in [-0.15, -0.1) is 0 Å². The fourth-order valence-corrected chi connectivity index (χ4v) is 5.09. The van der Waals surface area contributed by atoms with Crippen molar-refractivity contribution >= 4 is 38.9 Å². The molecule has 1 aromatic carbocycles. The van der Waals surface area contributed by atoms with Crippen molar-refractivity contribution < 1.29 is 4.42 Å². The summed E-state index contributed by atoms with van der Waals surface area (Å²) in [6.45, 7) is 5.00. The Labute approximate surface area is 201 Å². The molecular weight excluding hydrogens is 484 g/mol. The van der Waals surface area contributed by atoms with E-state index in [4.69, 9.17) is 16.6 Å². The van der Waals surface area contributed by atoms with Gasteiger partial charge in [0, 0.05) is 27.7 Å². The first-order valence-corrected chi connectivity index (χ1v) is 11.7. The predicted molar refractivity (Wildman–Crippen MR) is 134 cm³/mol. The molecule has 32 heavy (non-hydrogen) atoms. The Morgan fingerprint density at radius 1 is 1.09 bits per heavy atom. The van der Waals surface area contributed by atoms with Crippen LogP contribution in [0.2, 0.25) is 0 Å². The Bertz CT molecular complexity index is 1240. The van der Waals surface area contributed by atoms with Crippen LogP contribution in [0.4, 0.5) is 5.69 Å². The minimum absolute atomic E-state index is 0.0323. The molecule has 3 aromatic heterocycles. The van der Waals surface area contributed by atoms with Crippen molar-refractivity contribution in [1.82, 2.24) is 14.9 Å². The smallest absolute Gasteiger partial charge is 0.174 e. The van der Waals surface area contributed by atoms with E-state index in [0.717, 1.165) is 21.6 Å². The highest BCUT2D eigenvalue weighted by molar-refractivity contribution is 9.10. The standard InChI is InChI=1S/C25H23BrN4OS/c1-16-14-21(17(2)29(16)15-20-6-5-13-31-20)24-23(22-7-3-4-12-27-22)28-25(32)30(24)19-10-8-18(26)9-11-19/h3-14,23-24H,15H2,1-2H3,(H,28,32). The number of hydrogen-bond acceptors (Lipinski definition) is 3. The number of nitrogens with one attached hydrogen (secondary N) is 1. The second kappa shape index (κ2) is 8.56. The predicted octanol–water partition coefficient (Wildman–Crippen LogP) is 6.08. The molecule has 2 atom stereocenters. The van der Waals surface area contributed by atoms with Crippen LogP contribution < -0.4 is 10.2 Å². The molecule has 5 nitrogen and oxygen atoms in total. The molecule has 0 radical (unpaired) electrons. The number of aryl methyl sites for hydroxylation is 1. The van der Waals surface area contributed by atoms with E-state index in [2.05, 4.69) is 73.8 Å². The number of rotatable bonds is 5. The van der Waals surface area contributed by atoms with Crippen LogP contribution in [0.5, 0.6) is 0 Å². The van der Waals surface area contributed by atoms with Crippen molar-refractivity contribution in [3.63, 3.8) is 0 Å². The van der Waals surface area contributed by atoms with Crippen LogP contribution in [-0.2, 0) is 6.54 Å². The summed E-state index contributed by atoms with van der Waals surface area (Å²) in [5, 5.41) is 4.24. The van der Waals surface area contributed by atoms with Gasteiger partial charge in [-0.25, -0.2) is 0 Å². The van der Waals surface area contributed by atoms with Gasteiger partial charge in [-0.1, -0.05) is 22.0 Å². The van der Waals surface area contributed by atoms with Crippen molar-refractivity contribution in [2.75, 3.05) is 4.90 Å². The lowest BCUT2D eigenvalue weighted by molar-refractivity contribution is 0.488. The van der Waals surface area contributed by atoms with Gasteiger partial charge in [0.15, 0.2) is 5.11 Å². The molecule has 0 spiro atoms. The lowest BCUT2D eigenvalue weighted by Crippen LogP contribution is -2.29. The summed E-state index contributed by atoms with van der Waals surface area (Å²) in [6, 6.07) is 20.4. The molecule has 0 bridgehead atoms. The van der Waals surface area contributed by atoms with E-state index in [0.29, 0.717) is 11.7 Å². The Hall–Kier alpha value is -2.90. The Morgan fingerprint density at radius 3 is 2.59 bits per heavy atom. The van der Waals surface area contributed by atoms with Gasteiger partial charge in [-0.05, 0) is 86.2 Å². The lowest BCUT2D eigenvalue weighted by atomic mass is 9.96. The zero-order chi connectivity index (χ0) is 22.2.